The maximum atomic E-state index is 14.9. The van der Waals surface area contributed by atoms with E-state index in [9.17, 15) is 18.4 Å². The monoisotopic (exact) mass is 500 g/mol. The Morgan fingerprint density at radius 2 is 1.76 bits per heavy atom. The van der Waals surface area contributed by atoms with Crippen molar-refractivity contribution in [1.29, 1.82) is 0 Å². The molecule has 0 unspecified atom stereocenters. The van der Waals surface area contributed by atoms with Crippen molar-refractivity contribution in [3.05, 3.63) is 112 Å². The number of aromatic nitrogens is 4. The minimum absolute atomic E-state index is 0.0789. The summed E-state index contributed by atoms with van der Waals surface area (Å²) >= 11 is 0. The molecule has 10 heteroatoms. The van der Waals surface area contributed by atoms with Crippen LogP contribution in [0.3, 0.4) is 0 Å². The van der Waals surface area contributed by atoms with E-state index in [2.05, 4.69) is 15.0 Å². The molecule has 0 bridgehead atoms. The molecule has 0 aliphatic rings. The van der Waals surface area contributed by atoms with Gasteiger partial charge in [-0.15, -0.1) is 0 Å². The van der Waals surface area contributed by atoms with Crippen LogP contribution < -0.4 is 15.0 Å². The van der Waals surface area contributed by atoms with Crippen molar-refractivity contribution >= 4 is 16.8 Å². The van der Waals surface area contributed by atoms with E-state index in [0.717, 1.165) is 6.07 Å². The predicted octanol–water partition coefficient (Wildman–Crippen LogP) is 4.68. The van der Waals surface area contributed by atoms with Gasteiger partial charge in [-0.1, -0.05) is 6.07 Å². The third-order valence-corrected chi connectivity index (χ3v) is 5.52. The molecule has 0 aliphatic heterocycles. The summed E-state index contributed by atoms with van der Waals surface area (Å²) in [6, 6.07) is 14.2. The fourth-order valence-electron chi connectivity index (χ4n) is 3.71. The van der Waals surface area contributed by atoms with Gasteiger partial charge in [0.15, 0.2) is 28.8 Å². The first kappa shape index (κ1) is 23.7. The average molecular weight is 500 g/mol. The Hall–Kier alpha value is -4.99. The van der Waals surface area contributed by atoms with Gasteiger partial charge in [0.2, 0.25) is 5.88 Å². The molecule has 0 spiro atoms. The molecule has 0 amide bonds. The molecule has 3 heterocycles. The van der Waals surface area contributed by atoms with Crippen molar-refractivity contribution in [1.82, 2.24) is 19.5 Å². The maximum absolute atomic E-state index is 14.9. The molecule has 8 nitrogen and oxygen atoms in total. The highest BCUT2D eigenvalue weighted by molar-refractivity contribution is 5.95. The number of fused-ring (bicyclic) bond motifs is 1. The van der Waals surface area contributed by atoms with Gasteiger partial charge in [-0.05, 0) is 48.0 Å². The quantitative estimate of drug-likeness (QED) is 0.300. The molecule has 5 rings (SSSR count). The SMILES string of the molecule is COc1ccc2nccc(Oc3ccc(CC(=O)c4nccn(-c5ccc(F)cc5)c4=O)cc3F)c2n1. The molecule has 2 aromatic carbocycles. The van der Waals surface area contributed by atoms with Gasteiger partial charge in [-0.3, -0.25) is 19.1 Å². The van der Waals surface area contributed by atoms with Crippen LogP contribution in [0.4, 0.5) is 8.78 Å². The Morgan fingerprint density at radius 3 is 2.51 bits per heavy atom. The van der Waals surface area contributed by atoms with Crippen LogP contribution in [0.25, 0.3) is 16.7 Å². The van der Waals surface area contributed by atoms with E-state index in [-0.39, 0.29) is 23.6 Å². The van der Waals surface area contributed by atoms with Crippen molar-refractivity contribution in [3.8, 4) is 23.1 Å². The van der Waals surface area contributed by atoms with Crippen LogP contribution in [0.15, 0.2) is 84.0 Å². The summed E-state index contributed by atoms with van der Waals surface area (Å²) in [6.45, 7) is 0. The zero-order chi connectivity index (χ0) is 25.9. The largest absolute Gasteiger partial charge is 0.481 e. The first-order valence-corrected chi connectivity index (χ1v) is 11.1. The molecule has 0 N–H and O–H groups in total. The van der Waals surface area contributed by atoms with Crippen molar-refractivity contribution in [2.75, 3.05) is 7.11 Å². The number of hydrogen-bond acceptors (Lipinski definition) is 7. The fourth-order valence-corrected chi connectivity index (χ4v) is 3.71. The first-order valence-electron chi connectivity index (χ1n) is 11.1. The Kier molecular flexibility index (Phi) is 6.38. The standard InChI is InChI=1S/C27H18F2N4O4/c1-36-24-9-7-20-25(32-24)23(10-11-30-20)37-22-8-2-16(14-19(22)29)15-21(34)26-27(35)33(13-12-31-26)18-5-3-17(28)4-6-18/h2-14H,15H2,1H3. The number of rotatable bonds is 7. The lowest BCUT2D eigenvalue weighted by molar-refractivity contribution is 0.0986. The molecule has 0 saturated carbocycles. The maximum Gasteiger partial charge on any atom is 0.284 e. The van der Waals surface area contributed by atoms with E-state index in [1.165, 1.54) is 66.7 Å². The molecule has 184 valence electrons. The number of carbonyl (C=O) groups is 1. The minimum atomic E-state index is -0.706. The normalized spacial score (nSPS) is 10.9. The summed E-state index contributed by atoms with van der Waals surface area (Å²) in [5, 5.41) is 0. The van der Waals surface area contributed by atoms with Crippen LogP contribution in [0.2, 0.25) is 0 Å². The lowest BCUT2D eigenvalue weighted by Crippen LogP contribution is -2.27. The van der Waals surface area contributed by atoms with Gasteiger partial charge in [0, 0.05) is 42.8 Å². The Bertz CT molecular complexity index is 1690. The van der Waals surface area contributed by atoms with Crippen molar-refractivity contribution < 1.29 is 23.0 Å². The van der Waals surface area contributed by atoms with Crippen LogP contribution in [-0.4, -0.2) is 32.4 Å². The number of benzene rings is 2. The van der Waals surface area contributed by atoms with Gasteiger partial charge in [-0.25, -0.2) is 18.7 Å². The predicted molar refractivity (Wildman–Crippen MR) is 130 cm³/mol. The van der Waals surface area contributed by atoms with E-state index in [1.807, 2.05) is 0 Å². The molecule has 5 aromatic rings. The molecule has 0 saturated heterocycles. The number of ketones is 1. The molecular formula is C27H18F2N4O4. The smallest absolute Gasteiger partial charge is 0.284 e. The van der Waals surface area contributed by atoms with Gasteiger partial charge in [0.05, 0.1) is 12.6 Å². The summed E-state index contributed by atoms with van der Waals surface area (Å²) in [4.78, 5) is 38.1. The first-order chi connectivity index (χ1) is 17.9. The molecule has 0 aliphatic carbocycles. The zero-order valence-corrected chi connectivity index (χ0v) is 19.4. The minimum Gasteiger partial charge on any atom is -0.481 e. The third kappa shape index (κ3) is 4.90. The van der Waals surface area contributed by atoms with Crippen molar-refractivity contribution in [2.24, 2.45) is 0 Å². The van der Waals surface area contributed by atoms with Gasteiger partial charge < -0.3 is 9.47 Å². The lowest BCUT2D eigenvalue weighted by Gasteiger charge is -2.11. The number of ether oxygens (including phenoxy) is 2. The third-order valence-electron chi connectivity index (χ3n) is 5.52. The topological polar surface area (TPSA) is 96.2 Å². The van der Waals surface area contributed by atoms with Crippen LogP contribution >= 0.6 is 0 Å². The fraction of sp³-hybridized carbons (Fsp3) is 0.0741. The molecule has 37 heavy (non-hydrogen) atoms. The van der Waals surface area contributed by atoms with Crippen LogP contribution in [0.5, 0.6) is 17.4 Å². The lowest BCUT2D eigenvalue weighted by atomic mass is 10.1. The van der Waals surface area contributed by atoms with E-state index >= 15 is 0 Å². The number of halogens is 2. The Morgan fingerprint density at radius 1 is 0.946 bits per heavy atom. The number of Topliss-reactive ketones (excluding diaryl/α,β-unsaturated/α-hetero) is 1. The van der Waals surface area contributed by atoms with E-state index in [0.29, 0.717) is 28.2 Å². The highest BCUT2D eigenvalue weighted by atomic mass is 19.1. The average Bonchev–Trinajstić information content (AvgIpc) is 2.91. The van der Waals surface area contributed by atoms with Gasteiger partial charge in [0.1, 0.15) is 11.3 Å². The van der Waals surface area contributed by atoms with Crippen molar-refractivity contribution in [2.45, 2.75) is 6.42 Å². The highest BCUT2D eigenvalue weighted by Crippen LogP contribution is 2.30. The summed E-state index contributed by atoms with van der Waals surface area (Å²) in [6.07, 6.45) is 3.94. The Labute approximate surface area is 208 Å². The molecule has 0 atom stereocenters. The molecular weight excluding hydrogens is 482 g/mol. The number of hydrogen-bond donors (Lipinski definition) is 0. The highest BCUT2D eigenvalue weighted by Gasteiger charge is 2.17. The molecule has 0 fully saturated rings. The van der Waals surface area contributed by atoms with Gasteiger partial charge in [0.25, 0.3) is 5.56 Å². The second-order valence-corrected chi connectivity index (χ2v) is 7.92. The summed E-state index contributed by atoms with van der Waals surface area (Å²) < 4.78 is 40.2. The van der Waals surface area contributed by atoms with Crippen LogP contribution in [0.1, 0.15) is 16.1 Å². The van der Waals surface area contributed by atoms with E-state index in [4.69, 9.17) is 9.47 Å². The molecule has 3 aromatic heterocycles. The van der Waals surface area contributed by atoms with Crippen molar-refractivity contribution in [3.63, 3.8) is 0 Å². The zero-order valence-electron chi connectivity index (χ0n) is 19.4. The summed E-state index contributed by atoms with van der Waals surface area (Å²) in [5.41, 5.74) is 0.678. The number of carbonyl (C=O) groups excluding carboxylic acids is 1. The summed E-state index contributed by atoms with van der Waals surface area (Å²) in [5.74, 6) is -1.20. The number of pyridine rings is 2. The molecule has 0 radical (unpaired) electrons. The van der Waals surface area contributed by atoms with E-state index < -0.39 is 23.0 Å². The van der Waals surface area contributed by atoms with E-state index in [1.54, 1.807) is 18.2 Å². The van der Waals surface area contributed by atoms with Gasteiger partial charge in [-0.2, -0.15) is 0 Å². The number of nitrogens with zero attached hydrogens (tertiary/aromatic N) is 4. The van der Waals surface area contributed by atoms with Crippen LogP contribution in [-0.2, 0) is 6.42 Å². The summed E-state index contributed by atoms with van der Waals surface area (Å²) in [7, 11) is 1.48. The Balaban J connectivity index is 1.37. The number of methoxy groups -OCH3 is 1. The van der Waals surface area contributed by atoms with Gasteiger partial charge >= 0.3 is 0 Å². The second-order valence-electron chi connectivity index (χ2n) is 7.92. The second kappa shape index (κ2) is 9.94. The van der Waals surface area contributed by atoms with Crippen LogP contribution in [0, 0.1) is 11.6 Å².